The number of halogens is 1. The Morgan fingerprint density at radius 2 is 1.60 bits per heavy atom. The zero-order valence-corrected chi connectivity index (χ0v) is 18.1. The molecular formula is C22H17ClN2O3S2. The molecule has 30 heavy (non-hydrogen) atoms. The molecule has 0 fully saturated rings. The number of fused-ring (bicyclic) bond motifs is 1. The van der Waals surface area contributed by atoms with Crippen LogP contribution in [0.3, 0.4) is 0 Å². The van der Waals surface area contributed by atoms with Gasteiger partial charge in [0, 0.05) is 10.6 Å². The Bertz CT molecular complexity index is 1300. The first-order chi connectivity index (χ1) is 14.4. The van der Waals surface area contributed by atoms with Crippen molar-refractivity contribution in [3.63, 3.8) is 0 Å². The summed E-state index contributed by atoms with van der Waals surface area (Å²) in [5.41, 5.74) is 2.26. The van der Waals surface area contributed by atoms with Gasteiger partial charge in [-0.1, -0.05) is 65.8 Å². The van der Waals surface area contributed by atoms with E-state index in [2.05, 4.69) is 4.98 Å². The Balaban J connectivity index is 1.66. The van der Waals surface area contributed by atoms with Gasteiger partial charge in [0.05, 0.1) is 22.5 Å². The van der Waals surface area contributed by atoms with Crippen LogP contribution in [0.5, 0.6) is 0 Å². The molecule has 3 aromatic carbocycles. The van der Waals surface area contributed by atoms with Crippen LogP contribution in [0, 0.1) is 0 Å². The molecule has 0 bridgehead atoms. The van der Waals surface area contributed by atoms with Crippen molar-refractivity contribution in [1.29, 1.82) is 0 Å². The predicted molar refractivity (Wildman–Crippen MR) is 121 cm³/mol. The average molecular weight is 457 g/mol. The lowest BCUT2D eigenvalue weighted by Crippen LogP contribution is -2.16. The zero-order valence-electron chi connectivity index (χ0n) is 15.7. The first kappa shape index (κ1) is 20.7. The second-order valence-corrected chi connectivity index (χ2v) is 9.80. The van der Waals surface area contributed by atoms with Gasteiger partial charge in [-0.25, -0.2) is 17.4 Å². The van der Waals surface area contributed by atoms with Crippen molar-refractivity contribution >= 4 is 50.2 Å². The Hall–Kier alpha value is -2.61. The molecule has 0 saturated carbocycles. The largest absolute Gasteiger partial charge is 0.293 e. The highest BCUT2D eigenvalue weighted by Crippen LogP contribution is 2.28. The number of para-hydroxylation sites is 2. The minimum atomic E-state index is -3.74. The molecule has 0 unspecified atom stereocenters. The van der Waals surface area contributed by atoms with Crippen LogP contribution < -0.4 is 0 Å². The number of imidazole rings is 1. The number of rotatable bonds is 7. The number of benzene rings is 3. The fourth-order valence-electron chi connectivity index (χ4n) is 3.04. The Morgan fingerprint density at radius 3 is 2.33 bits per heavy atom. The van der Waals surface area contributed by atoms with E-state index in [1.807, 2.05) is 6.07 Å². The summed E-state index contributed by atoms with van der Waals surface area (Å²) in [6, 6.07) is 22.6. The van der Waals surface area contributed by atoms with Crippen molar-refractivity contribution in [2.75, 3.05) is 5.75 Å². The number of carbonyl (C=O) groups excluding carboxylic acids is 1. The number of carbonyl (C=O) groups is 1. The van der Waals surface area contributed by atoms with Crippen LogP contribution in [-0.2, 0) is 15.8 Å². The summed E-state index contributed by atoms with van der Waals surface area (Å²) in [6.45, 7) is 0. The molecule has 5 nitrogen and oxygen atoms in total. The smallest absolute Gasteiger partial charge is 0.245 e. The highest BCUT2D eigenvalue weighted by atomic mass is 35.5. The van der Waals surface area contributed by atoms with E-state index in [1.54, 1.807) is 72.8 Å². The van der Waals surface area contributed by atoms with Gasteiger partial charge < -0.3 is 0 Å². The van der Waals surface area contributed by atoms with E-state index in [1.165, 1.54) is 3.97 Å². The van der Waals surface area contributed by atoms with Crippen LogP contribution in [-0.4, -0.2) is 28.9 Å². The lowest BCUT2D eigenvalue weighted by atomic mass is 10.1. The van der Waals surface area contributed by atoms with E-state index >= 15 is 0 Å². The van der Waals surface area contributed by atoms with Crippen molar-refractivity contribution in [1.82, 2.24) is 8.96 Å². The molecule has 0 amide bonds. The van der Waals surface area contributed by atoms with Gasteiger partial charge in [0.25, 0.3) is 0 Å². The maximum Gasteiger partial charge on any atom is 0.245 e. The average Bonchev–Trinajstić information content (AvgIpc) is 3.12. The number of Topliss-reactive ketones (excluding diaryl/α,β-unsaturated/α-hetero) is 1. The molecule has 0 saturated heterocycles. The molecule has 0 spiro atoms. The van der Waals surface area contributed by atoms with Gasteiger partial charge >= 0.3 is 0 Å². The number of aromatic nitrogens is 2. The summed E-state index contributed by atoms with van der Waals surface area (Å²) in [5.74, 6) is -0.227. The van der Waals surface area contributed by atoms with Crippen molar-refractivity contribution in [2.24, 2.45) is 0 Å². The van der Waals surface area contributed by atoms with Crippen LogP contribution in [0.1, 0.15) is 15.9 Å². The molecule has 4 aromatic rings. The first-order valence-electron chi connectivity index (χ1n) is 9.10. The number of nitrogens with zero attached hydrogens (tertiary/aromatic N) is 2. The molecule has 4 rings (SSSR count). The van der Waals surface area contributed by atoms with E-state index in [0.29, 0.717) is 27.2 Å². The fraction of sp³-hybridized carbons (Fsp3) is 0.0909. The van der Waals surface area contributed by atoms with Gasteiger partial charge in [0.1, 0.15) is 0 Å². The van der Waals surface area contributed by atoms with Gasteiger partial charge in [-0.05, 0) is 42.0 Å². The van der Waals surface area contributed by atoms with Crippen LogP contribution in [0.25, 0.3) is 11.0 Å². The Labute approximate surface area is 183 Å². The fourth-order valence-corrected chi connectivity index (χ4v) is 5.95. The summed E-state index contributed by atoms with van der Waals surface area (Å²) in [6.07, 6.45) is 0. The van der Waals surface area contributed by atoms with Crippen molar-refractivity contribution in [3.05, 3.63) is 95.0 Å². The molecule has 152 valence electrons. The number of ketones is 1. The molecule has 0 aliphatic heterocycles. The quantitative estimate of drug-likeness (QED) is 0.288. The first-order valence-corrected chi connectivity index (χ1v) is 12.1. The lowest BCUT2D eigenvalue weighted by Gasteiger charge is -2.10. The standard InChI is InChI=1S/C22H17ClN2O3S2/c23-18-12-10-17(11-13-18)21(26)14-29-22-24-19-8-4-5-9-20(19)25(22)30(27,28)15-16-6-2-1-3-7-16/h1-13H,14-15H2. The summed E-state index contributed by atoms with van der Waals surface area (Å²) in [7, 11) is -3.74. The van der Waals surface area contributed by atoms with E-state index in [4.69, 9.17) is 11.6 Å². The SMILES string of the molecule is O=C(CSc1nc2ccccc2n1S(=O)(=O)Cc1ccccc1)c1ccc(Cl)cc1. The van der Waals surface area contributed by atoms with E-state index in [9.17, 15) is 13.2 Å². The number of thioether (sulfide) groups is 1. The normalized spacial score (nSPS) is 11.6. The Morgan fingerprint density at radius 1 is 0.933 bits per heavy atom. The molecule has 0 atom stereocenters. The van der Waals surface area contributed by atoms with Crippen molar-refractivity contribution in [2.45, 2.75) is 10.9 Å². The maximum absolute atomic E-state index is 13.3. The molecule has 0 radical (unpaired) electrons. The third kappa shape index (κ3) is 4.43. The minimum Gasteiger partial charge on any atom is -0.293 e. The molecule has 0 aliphatic carbocycles. The summed E-state index contributed by atoms with van der Waals surface area (Å²) < 4.78 is 27.8. The van der Waals surface area contributed by atoms with Gasteiger partial charge in [-0.2, -0.15) is 0 Å². The number of hydrogen-bond acceptors (Lipinski definition) is 5. The maximum atomic E-state index is 13.3. The van der Waals surface area contributed by atoms with Crippen molar-refractivity contribution < 1.29 is 13.2 Å². The van der Waals surface area contributed by atoms with Gasteiger partial charge in [0.15, 0.2) is 10.9 Å². The summed E-state index contributed by atoms with van der Waals surface area (Å²) in [4.78, 5) is 17.0. The summed E-state index contributed by atoms with van der Waals surface area (Å²) in [5, 5.41) is 0.822. The second-order valence-electron chi connectivity index (χ2n) is 6.61. The predicted octanol–water partition coefficient (Wildman–Crippen LogP) is 5.04. The highest BCUT2D eigenvalue weighted by Gasteiger charge is 2.23. The molecule has 1 heterocycles. The molecular weight excluding hydrogens is 440 g/mol. The lowest BCUT2D eigenvalue weighted by molar-refractivity contribution is 0.102. The molecule has 1 aromatic heterocycles. The minimum absolute atomic E-state index is 0.0613. The van der Waals surface area contributed by atoms with Gasteiger partial charge in [-0.15, -0.1) is 0 Å². The zero-order chi connectivity index (χ0) is 21.1. The van der Waals surface area contributed by atoms with Gasteiger partial charge in [-0.3, -0.25) is 4.79 Å². The topological polar surface area (TPSA) is 69.0 Å². The third-order valence-electron chi connectivity index (χ3n) is 4.46. The van der Waals surface area contributed by atoms with Crippen LogP contribution in [0.2, 0.25) is 5.02 Å². The molecule has 8 heteroatoms. The number of hydrogen-bond donors (Lipinski definition) is 0. The van der Waals surface area contributed by atoms with Crippen LogP contribution >= 0.6 is 23.4 Å². The monoisotopic (exact) mass is 456 g/mol. The van der Waals surface area contributed by atoms with E-state index in [-0.39, 0.29) is 22.4 Å². The third-order valence-corrected chi connectivity index (χ3v) is 7.39. The molecule has 0 N–H and O–H groups in total. The molecule has 0 aliphatic rings. The van der Waals surface area contributed by atoms with Crippen LogP contribution in [0.4, 0.5) is 0 Å². The van der Waals surface area contributed by atoms with Crippen molar-refractivity contribution in [3.8, 4) is 0 Å². The Kier molecular flexibility index (Phi) is 5.94. The van der Waals surface area contributed by atoms with Gasteiger partial charge in [0.2, 0.25) is 10.0 Å². The van der Waals surface area contributed by atoms with E-state index in [0.717, 1.165) is 11.8 Å². The van der Waals surface area contributed by atoms with E-state index < -0.39 is 10.0 Å². The van der Waals surface area contributed by atoms with Crippen LogP contribution in [0.15, 0.2) is 84.0 Å². The summed E-state index contributed by atoms with van der Waals surface area (Å²) >= 11 is 6.98. The second kappa shape index (κ2) is 8.63. The highest BCUT2D eigenvalue weighted by molar-refractivity contribution is 8.00.